The van der Waals surface area contributed by atoms with Crippen LogP contribution >= 0.6 is 11.6 Å². The molecule has 106 valence electrons. The molecule has 0 saturated carbocycles. The number of halogens is 1. The maximum Gasteiger partial charge on any atom is 0.140 e. The van der Waals surface area contributed by atoms with E-state index in [1.54, 1.807) is 0 Å². The highest BCUT2D eigenvalue weighted by molar-refractivity contribution is 6.30. The van der Waals surface area contributed by atoms with Gasteiger partial charge in [0.15, 0.2) is 0 Å². The molecule has 0 aromatic heterocycles. The molecule has 0 aliphatic rings. The van der Waals surface area contributed by atoms with Gasteiger partial charge in [0.05, 0.1) is 6.61 Å². The second-order valence-electron chi connectivity index (χ2n) is 5.07. The molecule has 0 fully saturated rings. The van der Waals surface area contributed by atoms with Crippen LogP contribution in [0.15, 0.2) is 18.2 Å². The van der Waals surface area contributed by atoms with Crippen LogP contribution in [0.4, 0.5) is 0 Å². The maximum absolute atomic E-state index is 12.2. The first-order chi connectivity index (χ1) is 9.01. The number of hydrogen-bond donors (Lipinski definition) is 0. The van der Waals surface area contributed by atoms with E-state index in [1.165, 1.54) is 0 Å². The molecule has 1 aromatic carbocycles. The average Bonchev–Trinajstić information content (AvgIpc) is 2.37. The summed E-state index contributed by atoms with van der Waals surface area (Å²) in [7, 11) is 0. The molecule has 1 rings (SSSR count). The lowest BCUT2D eigenvalue weighted by molar-refractivity contribution is -0.121. The Morgan fingerprint density at radius 2 is 2.00 bits per heavy atom. The maximum atomic E-state index is 12.2. The zero-order valence-electron chi connectivity index (χ0n) is 12.2. The number of carbonyl (C=O) groups excluding carboxylic acids is 1. The van der Waals surface area contributed by atoms with Crippen molar-refractivity contribution in [3.05, 3.63) is 28.8 Å². The second kappa shape index (κ2) is 7.54. The Morgan fingerprint density at radius 1 is 1.32 bits per heavy atom. The number of carbonyl (C=O) groups is 1. The topological polar surface area (TPSA) is 26.3 Å². The van der Waals surface area contributed by atoms with E-state index >= 15 is 0 Å². The highest BCUT2D eigenvalue weighted by Crippen LogP contribution is 2.35. The van der Waals surface area contributed by atoms with Crippen LogP contribution in [0.5, 0.6) is 5.75 Å². The Kier molecular flexibility index (Phi) is 6.36. The quantitative estimate of drug-likeness (QED) is 0.715. The normalized spacial score (nSPS) is 12.5. The molecular formula is C16H23ClO2. The summed E-state index contributed by atoms with van der Waals surface area (Å²) >= 11 is 6.08. The highest BCUT2D eigenvalue weighted by Gasteiger charge is 2.26. The monoisotopic (exact) mass is 282 g/mol. The first-order valence-electron chi connectivity index (χ1n) is 6.96. The predicted octanol–water partition coefficient (Wildman–Crippen LogP) is 4.85. The van der Waals surface area contributed by atoms with Crippen molar-refractivity contribution >= 4 is 17.4 Å². The highest BCUT2D eigenvalue weighted by atomic mass is 35.5. The zero-order chi connectivity index (χ0) is 14.4. The van der Waals surface area contributed by atoms with Crippen LogP contribution in [0.25, 0.3) is 0 Å². The minimum Gasteiger partial charge on any atom is -0.493 e. The van der Waals surface area contributed by atoms with Crippen molar-refractivity contribution in [1.82, 2.24) is 0 Å². The Hall–Kier alpha value is -1.02. The molecule has 1 aromatic rings. The first kappa shape index (κ1) is 16.0. The third kappa shape index (κ3) is 4.24. The van der Waals surface area contributed by atoms with Crippen molar-refractivity contribution in [3.8, 4) is 5.75 Å². The van der Waals surface area contributed by atoms with Crippen LogP contribution in [0.2, 0.25) is 5.02 Å². The van der Waals surface area contributed by atoms with E-state index in [9.17, 15) is 4.79 Å². The van der Waals surface area contributed by atoms with Crippen molar-refractivity contribution in [3.63, 3.8) is 0 Å². The fourth-order valence-corrected chi connectivity index (χ4v) is 2.41. The van der Waals surface area contributed by atoms with Gasteiger partial charge in [-0.15, -0.1) is 0 Å². The lowest BCUT2D eigenvalue weighted by atomic mass is 9.83. The zero-order valence-corrected chi connectivity index (χ0v) is 13.0. The number of benzene rings is 1. The van der Waals surface area contributed by atoms with Crippen molar-refractivity contribution in [2.24, 2.45) is 5.92 Å². The summed E-state index contributed by atoms with van der Waals surface area (Å²) in [4.78, 5) is 12.2. The number of rotatable bonds is 7. The number of Topliss-reactive ketones (excluding diaryl/α,β-unsaturated/α-hetero) is 1. The SMILES string of the molecule is CCCOc1ccc(Cl)cc1C(C(=O)CC)C(C)C. The van der Waals surface area contributed by atoms with Crippen molar-refractivity contribution in [1.29, 1.82) is 0 Å². The molecule has 0 spiro atoms. The number of ketones is 1. The third-order valence-electron chi connectivity index (χ3n) is 3.13. The summed E-state index contributed by atoms with van der Waals surface area (Å²) in [5, 5.41) is 0.647. The van der Waals surface area contributed by atoms with Crippen LogP contribution < -0.4 is 4.74 Å². The standard InChI is InChI=1S/C16H23ClO2/c1-5-9-19-15-8-7-12(17)10-13(15)16(11(3)4)14(18)6-2/h7-8,10-11,16H,5-6,9H2,1-4H3. The molecule has 1 atom stereocenters. The molecule has 0 radical (unpaired) electrons. The molecule has 3 heteroatoms. The van der Waals surface area contributed by atoms with Crippen LogP contribution in [0.3, 0.4) is 0 Å². The van der Waals surface area contributed by atoms with Gasteiger partial charge in [0.2, 0.25) is 0 Å². The fourth-order valence-electron chi connectivity index (χ4n) is 2.23. The van der Waals surface area contributed by atoms with E-state index in [-0.39, 0.29) is 17.6 Å². The largest absolute Gasteiger partial charge is 0.493 e. The van der Waals surface area contributed by atoms with Crippen LogP contribution in [-0.2, 0) is 4.79 Å². The van der Waals surface area contributed by atoms with Gasteiger partial charge in [0.25, 0.3) is 0 Å². The van der Waals surface area contributed by atoms with Gasteiger partial charge in [-0.3, -0.25) is 4.79 Å². The van der Waals surface area contributed by atoms with E-state index in [0.717, 1.165) is 17.7 Å². The van der Waals surface area contributed by atoms with E-state index in [4.69, 9.17) is 16.3 Å². The molecule has 0 N–H and O–H groups in total. The van der Waals surface area contributed by atoms with E-state index < -0.39 is 0 Å². The van der Waals surface area contributed by atoms with Gasteiger partial charge < -0.3 is 4.74 Å². The Morgan fingerprint density at radius 3 is 2.53 bits per heavy atom. The van der Waals surface area contributed by atoms with Crippen molar-refractivity contribution < 1.29 is 9.53 Å². The Labute approximate surface area is 121 Å². The van der Waals surface area contributed by atoms with Gasteiger partial charge in [0.1, 0.15) is 11.5 Å². The van der Waals surface area contributed by atoms with Crippen LogP contribution in [0.1, 0.15) is 52.0 Å². The van der Waals surface area contributed by atoms with Gasteiger partial charge in [-0.2, -0.15) is 0 Å². The molecular weight excluding hydrogens is 260 g/mol. The summed E-state index contributed by atoms with van der Waals surface area (Å²) in [5.74, 6) is 1.11. The Bertz CT molecular complexity index is 427. The lowest BCUT2D eigenvalue weighted by Crippen LogP contribution is -2.18. The summed E-state index contributed by atoms with van der Waals surface area (Å²) < 4.78 is 5.76. The first-order valence-corrected chi connectivity index (χ1v) is 7.34. The van der Waals surface area contributed by atoms with Gasteiger partial charge >= 0.3 is 0 Å². The molecule has 0 saturated heterocycles. The lowest BCUT2D eigenvalue weighted by Gasteiger charge is -2.22. The summed E-state index contributed by atoms with van der Waals surface area (Å²) in [5.41, 5.74) is 0.919. The van der Waals surface area contributed by atoms with E-state index in [2.05, 4.69) is 20.8 Å². The summed E-state index contributed by atoms with van der Waals surface area (Å²) in [6, 6.07) is 5.54. The van der Waals surface area contributed by atoms with E-state index in [1.807, 2.05) is 25.1 Å². The van der Waals surface area contributed by atoms with E-state index in [0.29, 0.717) is 18.1 Å². The second-order valence-corrected chi connectivity index (χ2v) is 5.51. The number of ether oxygens (including phenoxy) is 1. The molecule has 0 amide bonds. The smallest absolute Gasteiger partial charge is 0.140 e. The molecule has 1 unspecified atom stereocenters. The molecule has 0 aliphatic heterocycles. The third-order valence-corrected chi connectivity index (χ3v) is 3.37. The van der Waals surface area contributed by atoms with Crippen LogP contribution in [0, 0.1) is 5.92 Å². The molecule has 0 bridgehead atoms. The van der Waals surface area contributed by atoms with Gasteiger partial charge in [-0.25, -0.2) is 0 Å². The Balaban J connectivity index is 3.19. The van der Waals surface area contributed by atoms with Crippen LogP contribution in [-0.4, -0.2) is 12.4 Å². The summed E-state index contributed by atoms with van der Waals surface area (Å²) in [6.45, 7) is 8.73. The average molecular weight is 283 g/mol. The molecule has 2 nitrogen and oxygen atoms in total. The van der Waals surface area contributed by atoms with Gasteiger partial charge in [0, 0.05) is 22.9 Å². The molecule has 0 heterocycles. The molecule has 19 heavy (non-hydrogen) atoms. The van der Waals surface area contributed by atoms with Gasteiger partial charge in [-0.05, 0) is 30.5 Å². The molecule has 0 aliphatic carbocycles. The predicted molar refractivity (Wildman–Crippen MR) is 80.1 cm³/mol. The van der Waals surface area contributed by atoms with Crippen molar-refractivity contribution in [2.45, 2.75) is 46.5 Å². The van der Waals surface area contributed by atoms with Gasteiger partial charge in [-0.1, -0.05) is 39.3 Å². The summed E-state index contributed by atoms with van der Waals surface area (Å²) in [6.07, 6.45) is 1.47. The fraction of sp³-hybridized carbons (Fsp3) is 0.562. The minimum atomic E-state index is -0.143. The van der Waals surface area contributed by atoms with Crippen molar-refractivity contribution in [2.75, 3.05) is 6.61 Å². The number of hydrogen-bond acceptors (Lipinski definition) is 2. The minimum absolute atomic E-state index is 0.143.